The van der Waals surface area contributed by atoms with E-state index in [9.17, 15) is 9.59 Å². The largest absolute Gasteiger partial charge is 0.497 e. The summed E-state index contributed by atoms with van der Waals surface area (Å²) in [6.45, 7) is 3.83. The molecule has 1 unspecified atom stereocenters. The van der Waals surface area contributed by atoms with Gasteiger partial charge < -0.3 is 14.5 Å². The van der Waals surface area contributed by atoms with Gasteiger partial charge in [0.25, 0.3) is 0 Å². The van der Waals surface area contributed by atoms with Crippen LogP contribution in [0.3, 0.4) is 0 Å². The van der Waals surface area contributed by atoms with Crippen LogP contribution in [0.4, 0.5) is 16.6 Å². The number of aromatic nitrogens is 1. The lowest BCUT2D eigenvalue weighted by molar-refractivity contribution is -0.115. The van der Waals surface area contributed by atoms with Crippen LogP contribution in [0.25, 0.3) is 11.0 Å². The molecular formula is C24H21N3O4S2. The SMILES string of the molecule is COc1ccc(C2SCC(=O)N2c2nc(Nc3cc4c(C)cc(=O)oc4cc3C)cs2)cc1. The molecule has 1 fully saturated rings. The fourth-order valence-corrected chi connectivity index (χ4v) is 5.84. The number of rotatable bonds is 5. The van der Waals surface area contributed by atoms with E-state index >= 15 is 0 Å². The minimum absolute atomic E-state index is 0.0363. The number of hydrogen-bond acceptors (Lipinski definition) is 8. The Hall–Kier alpha value is -3.30. The van der Waals surface area contributed by atoms with Gasteiger partial charge >= 0.3 is 5.63 Å². The third kappa shape index (κ3) is 4.09. The van der Waals surface area contributed by atoms with Crippen molar-refractivity contribution in [3.8, 4) is 5.75 Å². The average molecular weight is 480 g/mol. The first-order chi connectivity index (χ1) is 15.9. The van der Waals surface area contributed by atoms with Crippen molar-refractivity contribution in [3.63, 3.8) is 0 Å². The summed E-state index contributed by atoms with van der Waals surface area (Å²) >= 11 is 3.01. The third-order valence-corrected chi connectivity index (χ3v) is 7.58. The standard InChI is InChI=1S/C24H21N3O4S2/c1-13-9-22(29)31-19-8-14(2)18(10-17(13)19)25-20-11-33-24(26-20)27-21(28)12-32-23(27)15-4-6-16(30-3)7-5-15/h4-11,23,25H,12H2,1-3H3. The summed E-state index contributed by atoms with van der Waals surface area (Å²) in [6.07, 6.45) is 0. The molecule has 0 spiro atoms. The number of carbonyl (C=O) groups excluding carboxylic acids is 1. The van der Waals surface area contributed by atoms with Gasteiger partial charge in [-0.05, 0) is 54.8 Å². The van der Waals surface area contributed by atoms with Crippen LogP contribution in [-0.4, -0.2) is 23.8 Å². The summed E-state index contributed by atoms with van der Waals surface area (Å²) in [7, 11) is 1.63. The minimum Gasteiger partial charge on any atom is -0.497 e. The van der Waals surface area contributed by atoms with Gasteiger partial charge in [0.15, 0.2) is 5.13 Å². The van der Waals surface area contributed by atoms with Crippen LogP contribution in [0.1, 0.15) is 22.1 Å². The Balaban J connectivity index is 1.43. The molecule has 1 saturated heterocycles. The highest BCUT2D eigenvalue weighted by molar-refractivity contribution is 8.00. The summed E-state index contributed by atoms with van der Waals surface area (Å²) in [5, 5.41) is 6.64. The molecule has 0 bridgehead atoms. The highest BCUT2D eigenvalue weighted by atomic mass is 32.2. The number of benzene rings is 2. The Morgan fingerprint density at radius 1 is 1.12 bits per heavy atom. The van der Waals surface area contributed by atoms with Gasteiger partial charge in [-0.3, -0.25) is 9.69 Å². The van der Waals surface area contributed by atoms with Gasteiger partial charge in [-0.25, -0.2) is 9.78 Å². The zero-order valence-electron chi connectivity index (χ0n) is 18.2. The smallest absolute Gasteiger partial charge is 0.336 e. The Bertz CT molecular complexity index is 1410. The van der Waals surface area contributed by atoms with Crippen molar-refractivity contribution in [2.75, 3.05) is 23.1 Å². The number of thiazole rings is 1. The maximum atomic E-state index is 12.7. The van der Waals surface area contributed by atoms with E-state index in [0.717, 1.165) is 33.5 Å². The zero-order valence-corrected chi connectivity index (χ0v) is 19.9. The fourth-order valence-electron chi connectivity index (χ4n) is 3.82. The Morgan fingerprint density at radius 3 is 2.67 bits per heavy atom. The van der Waals surface area contributed by atoms with Gasteiger partial charge in [-0.15, -0.1) is 23.1 Å². The number of hydrogen-bond donors (Lipinski definition) is 1. The predicted molar refractivity (Wildman–Crippen MR) is 133 cm³/mol. The highest BCUT2D eigenvalue weighted by Crippen LogP contribution is 2.43. The number of carbonyl (C=O) groups is 1. The topological polar surface area (TPSA) is 84.7 Å². The molecule has 3 heterocycles. The van der Waals surface area contributed by atoms with E-state index in [4.69, 9.17) is 14.1 Å². The normalized spacial score (nSPS) is 15.9. The van der Waals surface area contributed by atoms with Crippen molar-refractivity contribution >= 4 is 56.6 Å². The molecule has 9 heteroatoms. The van der Waals surface area contributed by atoms with Crippen LogP contribution in [0.15, 0.2) is 57.1 Å². The van der Waals surface area contributed by atoms with Gasteiger partial charge in [-0.1, -0.05) is 12.1 Å². The van der Waals surface area contributed by atoms with Crippen molar-refractivity contribution in [1.29, 1.82) is 0 Å². The molecule has 1 N–H and O–H groups in total. The van der Waals surface area contributed by atoms with E-state index in [-0.39, 0.29) is 16.9 Å². The molecule has 7 nitrogen and oxygen atoms in total. The minimum atomic E-state index is -0.358. The van der Waals surface area contributed by atoms with Crippen molar-refractivity contribution < 1.29 is 13.9 Å². The van der Waals surface area contributed by atoms with Crippen molar-refractivity contribution in [1.82, 2.24) is 4.98 Å². The second-order valence-corrected chi connectivity index (χ2v) is 9.66. The highest BCUT2D eigenvalue weighted by Gasteiger charge is 2.36. The Labute approximate surface area is 198 Å². The number of aryl methyl sites for hydroxylation is 2. The first-order valence-electron chi connectivity index (χ1n) is 10.3. The number of anilines is 3. The van der Waals surface area contributed by atoms with Crippen LogP contribution < -0.4 is 20.6 Å². The number of fused-ring (bicyclic) bond motifs is 1. The Kier molecular flexibility index (Phi) is 5.59. The van der Waals surface area contributed by atoms with Gasteiger partial charge in [0.1, 0.15) is 22.5 Å². The molecule has 0 saturated carbocycles. The maximum Gasteiger partial charge on any atom is 0.336 e. The van der Waals surface area contributed by atoms with E-state index in [2.05, 4.69) is 5.32 Å². The number of nitrogens with zero attached hydrogens (tertiary/aromatic N) is 2. The number of nitrogens with one attached hydrogen (secondary N) is 1. The number of thioether (sulfide) groups is 1. The van der Waals surface area contributed by atoms with Crippen LogP contribution in [0.2, 0.25) is 0 Å². The van der Waals surface area contributed by atoms with Crippen molar-refractivity contribution in [2.24, 2.45) is 0 Å². The number of methoxy groups -OCH3 is 1. The van der Waals surface area contributed by atoms with Crippen LogP contribution >= 0.6 is 23.1 Å². The molecule has 1 aliphatic rings. The van der Waals surface area contributed by atoms with E-state index in [0.29, 0.717) is 22.3 Å². The zero-order chi connectivity index (χ0) is 23.1. The second kappa shape index (κ2) is 8.57. The molecule has 1 atom stereocenters. The molecule has 168 valence electrons. The summed E-state index contributed by atoms with van der Waals surface area (Å²) in [5.41, 5.74) is 3.87. The van der Waals surface area contributed by atoms with Gasteiger partial charge in [-0.2, -0.15) is 0 Å². The van der Waals surface area contributed by atoms with E-state index in [1.807, 2.05) is 55.6 Å². The number of amides is 1. The summed E-state index contributed by atoms with van der Waals surface area (Å²) < 4.78 is 10.6. The predicted octanol–water partition coefficient (Wildman–Crippen LogP) is 5.40. The van der Waals surface area contributed by atoms with E-state index in [1.165, 1.54) is 17.4 Å². The molecule has 5 rings (SSSR count). The lowest BCUT2D eigenvalue weighted by Gasteiger charge is -2.21. The summed E-state index contributed by atoms with van der Waals surface area (Å²) in [6, 6.07) is 13.1. The molecule has 2 aromatic carbocycles. The molecule has 1 amide bonds. The molecule has 0 radical (unpaired) electrons. The Morgan fingerprint density at radius 2 is 1.91 bits per heavy atom. The van der Waals surface area contributed by atoms with Gasteiger partial charge in [0.05, 0.1) is 12.9 Å². The van der Waals surface area contributed by atoms with Crippen LogP contribution in [0, 0.1) is 13.8 Å². The molecule has 33 heavy (non-hydrogen) atoms. The molecule has 2 aromatic heterocycles. The first kappa shape index (κ1) is 21.5. The lowest BCUT2D eigenvalue weighted by Crippen LogP contribution is -2.27. The van der Waals surface area contributed by atoms with E-state index in [1.54, 1.807) is 23.8 Å². The fraction of sp³-hybridized carbons (Fsp3) is 0.208. The lowest BCUT2D eigenvalue weighted by atomic mass is 10.1. The number of ether oxygens (including phenoxy) is 1. The van der Waals surface area contributed by atoms with Gasteiger partial charge in [0, 0.05) is 22.5 Å². The maximum absolute atomic E-state index is 12.7. The molecule has 1 aliphatic heterocycles. The first-order valence-corrected chi connectivity index (χ1v) is 12.2. The van der Waals surface area contributed by atoms with Crippen molar-refractivity contribution in [2.45, 2.75) is 19.2 Å². The monoisotopic (exact) mass is 479 g/mol. The average Bonchev–Trinajstić information content (AvgIpc) is 3.40. The van der Waals surface area contributed by atoms with Crippen molar-refractivity contribution in [3.05, 3.63) is 75.0 Å². The molecular weight excluding hydrogens is 458 g/mol. The second-order valence-electron chi connectivity index (χ2n) is 7.75. The van der Waals surface area contributed by atoms with Gasteiger partial charge in [0.2, 0.25) is 5.91 Å². The summed E-state index contributed by atoms with van der Waals surface area (Å²) in [4.78, 5) is 30.8. The van der Waals surface area contributed by atoms with E-state index < -0.39 is 0 Å². The quantitative estimate of drug-likeness (QED) is 0.384. The molecule has 0 aliphatic carbocycles. The summed E-state index contributed by atoms with van der Waals surface area (Å²) in [5.74, 6) is 1.88. The van der Waals surface area contributed by atoms with Crippen LogP contribution in [-0.2, 0) is 4.79 Å². The van der Waals surface area contributed by atoms with Crippen LogP contribution in [0.5, 0.6) is 5.75 Å². The molecule has 4 aromatic rings. The third-order valence-electron chi connectivity index (χ3n) is 5.53.